The normalized spacial score (nSPS) is 24.7. The van der Waals surface area contributed by atoms with Gasteiger partial charge in [-0.2, -0.15) is 5.10 Å². The van der Waals surface area contributed by atoms with Crippen molar-refractivity contribution in [2.75, 3.05) is 19.7 Å². The third kappa shape index (κ3) is 2.71. The number of rotatable bonds is 4. The highest BCUT2D eigenvalue weighted by Crippen LogP contribution is 2.37. The number of amides is 1. The molecule has 0 aromatic carbocycles. The molecule has 3 rings (SSSR count). The molecule has 1 saturated carbocycles. The van der Waals surface area contributed by atoms with Crippen LogP contribution in [0.4, 0.5) is 0 Å². The van der Waals surface area contributed by atoms with Crippen molar-refractivity contribution in [2.24, 2.45) is 7.05 Å². The average molecular weight is 291 g/mol. The van der Waals surface area contributed by atoms with Gasteiger partial charge < -0.3 is 9.64 Å². The lowest BCUT2D eigenvalue weighted by molar-refractivity contribution is -0.156. The second-order valence-corrected chi connectivity index (χ2v) is 6.32. The van der Waals surface area contributed by atoms with Crippen molar-refractivity contribution < 1.29 is 9.53 Å². The molecule has 1 amide bonds. The van der Waals surface area contributed by atoms with Gasteiger partial charge in [0.25, 0.3) is 5.91 Å². The summed E-state index contributed by atoms with van der Waals surface area (Å²) in [6.45, 7) is 4.24. The largest absolute Gasteiger partial charge is 0.365 e. The maximum Gasteiger partial charge on any atom is 0.254 e. The molecule has 21 heavy (non-hydrogen) atoms. The molecule has 1 saturated heterocycles. The van der Waals surface area contributed by atoms with Crippen molar-refractivity contribution in [1.29, 1.82) is 0 Å². The van der Waals surface area contributed by atoms with Crippen molar-refractivity contribution in [3.8, 4) is 0 Å². The van der Waals surface area contributed by atoms with Crippen molar-refractivity contribution >= 4 is 5.91 Å². The maximum absolute atomic E-state index is 12.9. The van der Waals surface area contributed by atoms with Crippen LogP contribution in [0.2, 0.25) is 0 Å². The fraction of sp³-hybridized carbons (Fsp3) is 0.750. The Labute approximate surface area is 126 Å². The van der Waals surface area contributed by atoms with Gasteiger partial charge in [0.05, 0.1) is 6.20 Å². The van der Waals surface area contributed by atoms with Gasteiger partial charge in [0.2, 0.25) is 0 Å². The number of nitrogens with zero attached hydrogens (tertiary/aromatic N) is 3. The number of hydrogen-bond donors (Lipinski definition) is 0. The van der Waals surface area contributed by atoms with Crippen molar-refractivity contribution in [3.05, 3.63) is 18.0 Å². The quantitative estimate of drug-likeness (QED) is 0.853. The van der Waals surface area contributed by atoms with E-state index < -0.39 is 5.60 Å². The Morgan fingerprint density at radius 1 is 1.48 bits per heavy atom. The lowest BCUT2D eigenvalue weighted by Crippen LogP contribution is -2.48. The first-order valence-corrected chi connectivity index (χ1v) is 8.06. The summed E-state index contributed by atoms with van der Waals surface area (Å²) in [7, 11) is 1.93. The van der Waals surface area contributed by atoms with Crippen LogP contribution in [0.3, 0.4) is 0 Å². The summed E-state index contributed by atoms with van der Waals surface area (Å²) in [6.07, 6.45) is 8.98. The summed E-state index contributed by atoms with van der Waals surface area (Å²) >= 11 is 0. The van der Waals surface area contributed by atoms with Gasteiger partial charge in [-0.1, -0.05) is 0 Å². The third-order valence-electron chi connectivity index (χ3n) is 4.89. The smallest absolute Gasteiger partial charge is 0.254 e. The Hall–Kier alpha value is -1.36. The Kier molecular flexibility index (Phi) is 4.02. The van der Waals surface area contributed by atoms with E-state index in [1.807, 2.05) is 29.7 Å². The first-order valence-electron chi connectivity index (χ1n) is 8.06. The number of likely N-dealkylation sites (tertiary alicyclic amines) is 1. The zero-order valence-electron chi connectivity index (χ0n) is 13.0. The van der Waals surface area contributed by atoms with E-state index in [0.717, 1.165) is 45.2 Å². The number of hydrogen-bond acceptors (Lipinski definition) is 3. The summed E-state index contributed by atoms with van der Waals surface area (Å²) in [5.41, 5.74) is 0.711. The highest BCUT2D eigenvalue weighted by atomic mass is 16.5. The van der Waals surface area contributed by atoms with E-state index in [9.17, 15) is 4.79 Å². The van der Waals surface area contributed by atoms with Crippen LogP contribution in [0.25, 0.3) is 0 Å². The van der Waals surface area contributed by atoms with E-state index in [2.05, 4.69) is 11.3 Å². The van der Waals surface area contributed by atoms with Crippen LogP contribution in [0.1, 0.15) is 50.5 Å². The zero-order chi connectivity index (χ0) is 14.9. The fourth-order valence-corrected chi connectivity index (χ4v) is 3.80. The number of aromatic nitrogens is 2. The topological polar surface area (TPSA) is 47.4 Å². The molecule has 0 bridgehead atoms. The molecular formula is C16H25N3O2. The number of ether oxygens (including phenoxy) is 1. The predicted octanol–water partition coefficient (Wildman–Crippen LogP) is 2.09. The van der Waals surface area contributed by atoms with E-state index in [4.69, 9.17) is 4.74 Å². The van der Waals surface area contributed by atoms with Gasteiger partial charge in [0.1, 0.15) is 5.60 Å². The predicted molar refractivity (Wildman–Crippen MR) is 80.0 cm³/mol. The molecule has 1 atom stereocenters. The highest BCUT2D eigenvalue weighted by Gasteiger charge is 2.45. The molecule has 1 aliphatic heterocycles. The lowest BCUT2D eigenvalue weighted by atomic mass is 9.99. The second kappa shape index (κ2) is 5.79. The minimum atomic E-state index is -0.529. The van der Waals surface area contributed by atoms with Crippen LogP contribution >= 0.6 is 0 Å². The van der Waals surface area contributed by atoms with Crippen molar-refractivity contribution in [1.82, 2.24) is 14.7 Å². The van der Waals surface area contributed by atoms with Gasteiger partial charge in [-0.15, -0.1) is 0 Å². The molecule has 116 valence electrons. The van der Waals surface area contributed by atoms with Crippen LogP contribution in [0, 0.1) is 0 Å². The van der Waals surface area contributed by atoms with E-state index in [-0.39, 0.29) is 5.91 Å². The summed E-state index contributed by atoms with van der Waals surface area (Å²) in [4.78, 5) is 14.9. The Morgan fingerprint density at radius 3 is 2.86 bits per heavy atom. The van der Waals surface area contributed by atoms with Gasteiger partial charge in [-0.3, -0.25) is 9.48 Å². The first kappa shape index (κ1) is 14.6. The summed E-state index contributed by atoms with van der Waals surface area (Å²) in [5, 5.41) is 4.24. The van der Waals surface area contributed by atoms with E-state index >= 15 is 0 Å². The van der Waals surface area contributed by atoms with Crippen molar-refractivity contribution in [2.45, 2.75) is 50.5 Å². The molecule has 0 N–H and O–H groups in total. The van der Waals surface area contributed by atoms with Gasteiger partial charge >= 0.3 is 0 Å². The minimum absolute atomic E-state index is 0.216. The SMILES string of the molecule is CCOC1(C(=O)N2CCC(c3cnn(C)c3)C2)CCCC1. The highest BCUT2D eigenvalue weighted by molar-refractivity contribution is 5.86. The van der Waals surface area contributed by atoms with Gasteiger partial charge in [-0.25, -0.2) is 0 Å². The zero-order valence-corrected chi connectivity index (χ0v) is 13.0. The standard InChI is InChI=1S/C16H25N3O2/c1-3-21-16(7-4-5-8-16)15(20)19-9-6-13(12-19)14-10-17-18(2)11-14/h10-11,13H,3-9,12H2,1-2H3. The maximum atomic E-state index is 12.9. The molecule has 1 aromatic rings. The molecule has 1 aliphatic carbocycles. The molecule has 2 aliphatic rings. The third-order valence-corrected chi connectivity index (χ3v) is 4.89. The second-order valence-electron chi connectivity index (χ2n) is 6.32. The average Bonchev–Trinajstić information content (AvgIpc) is 3.17. The molecule has 2 fully saturated rings. The molecule has 0 spiro atoms. The van der Waals surface area contributed by atoms with Gasteiger partial charge in [0, 0.05) is 38.9 Å². The first-order chi connectivity index (χ1) is 10.1. The molecule has 1 unspecified atom stereocenters. The van der Waals surface area contributed by atoms with E-state index in [1.165, 1.54) is 5.56 Å². The van der Waals surface area contributed by atoms with E-state index in [0.29, 0.717) is 12.5 Å². The number of carbonyl (C=O) groups excluding carboxylic acids is 1. The fourth-order valence-electron chi connectivity index (χ4n) is 3.80. The number of aryl methyl sites for hydroxylation is 1. The van der Waals surface area contributed by atoms with Crippen LogP contribution in [-0.2, 0) is 16.6 Å². The lowest BCUT2D eigenvalue weighted by Gasteiger charge is -2.32. The Morgan fingerprint density at radius 2 is 2.24 bits per heavy atom. The Bertz CT molecular complexity index is 505. The summed E-state index contributed by atoms with van der Waals surface area (Å²) in [5.74, 6) is 0.635. The van der Waals surface area contributed by atoms with Crippen molar-refractivity contribution in [3.63, 3.8) is 0 Å². The molecule has 5 nitrogen and oxygen atoms in total. The van der Waals surface area contributed by atoms with Crippen LogP contribution in [0.15, 0.2) is 12.4 Å². The van der Waals surface area contributed by atoms with Gasteiger partial charge in [-0.05, 0) is 44.6 Å². The molecule has 2 heterocycles. The van der Waals surface area contributed by atoms with E-state index in [1.54, 1.807) is 0 Å². The Balaban J connectivity index is 1.69. The molecular weight excluding hydrogens is 266 g/mol. The molecule has 0 radical (unpaired) electrons. The summed E-state index contributed by atoms with van der Waals surface area (Å²) < 4.78 is 7.73. The molecule has 1 aromatic heterocycles. The van der Waals surface area contributed by atoms with Crippen LogP contribution in [-0.4, -0.2) is 45.9 Å². The summed E-state index contributed by atoms with van der Waals surface area (Å²) in [6, 6.07) is 0. The van der Waals surface area contributed by atoms with Gasteiger partial charge in [0.15, 0.2) is 0 Å². The minimum Gasteiger partial charge on any atom is -0.365 e. The monoisotopic (exact) mass is 291 g/mol. The molecule has 5 heteroatoms. The van der Waals surface area contributed by atoms with Crippen LogP contribution < -0.4 is 0 Å². The van der Waals surface area contributed by atoms with Crippen LogP contribution in [0.5, 0.6) is 0 Å². The number of carbonyl (C=O) groups is 1.